The molecule has 0 bridgehead atoms. The summed E-state index contributed by atoms with van der Waals surface area (Å²) in [4.78, 5) is 4.39. The first-order valence-corrected chi connectivity index (χ1v) is 7.67. The second kappa shape index (κ2) is 7.90. The zero-order valence-electron chi connectivity index (χ0n) is 12.9. The molecule has 5 nitrogen and oxygen atoms in total. The minimum absolute atomic E-state index is 0.150. The Morgan fingerprint density at radius 1 is 1.24 bits per heavy atom. The van der Waals surface area contributed by atoms with Crippen molar-refractivity contribution in [2.75, 3.05) is 0 Å². The summed E-state index contributed by atoms with van der Waals surface area (Å²) >= 11 is 0. The zero-order chi connectivity index (χ0) is 15.1. The molecule has 0 radical (unpaired) electrons. The molecule has 114 valence electrons. The van der Waals surface area contributed by atoms with Crippen LogP contribution in [0.2, 0.25) is 0 Å². The smallest absolute Gasteiger partial charge is 0.138 e. The molecule has 1 heterocycles. The highest BCUT2D eigenvalue weighted by atomic mass is 15.3. The van der Waals surface area contributed by atoms with E-state index in [1.165, 1.54) is 5.56 Å². The van der Waals surface area contributed by atoms with E-state index in [-0.39, 0.29) is 6.04 Å². The van der Waals surface area contributed by atoms with Crippen LogP contribution in [-0.2, 0) is 13.0 Å². The van der Waals surface area contributed by atoms with Gasteiger partial charge in [0, 0.05) is 24.9 Å². The monoisotopic (exact) mass is 287 g/mol. The first-order chi connectivity index (χ1) is 10.3. The zero-order valence-corrected chi connectivity index (χ0v) is 12.9. The van der Waals surface area contributed by atoms with Gasteiger partial charge in [-0.25, -0.2) is 4.98 Å². The number of aryl methyl sites for hydroxylation is 1. The summed E-state index contributed by atoms with van der Waals surface area (Å²) in [5.41, 5.74) is 4.29. The summed E-state index contributed by atoms with van der Waals surface area (Å²) < 4.78 is 1.97. The molecule has 0 spiro atoms. The number of benzene rings is 1. The minimum Gasteiger partial charge on any atom is -0.271 e. The van der Waals surface area contributed by atoms with Crippen molar-refractivity contribution in [1.29, 1.82) is 0 Å². The quantitative estimate of drug-likeness (QED) is 0.577. The predicted octanol–water partition coefficient (Wildman–Crippen LogP) is 2.26. The lowest BCUT2D eigenvalue weighted by Crippen LogP contribution is -2.42. The molecule has 0 aliphatic heterocycles. The van der Waals surface area contributed by atoms with Crippen molar-refractivity contribution in [3.05, 3.63) is 48.0 Å². The van der Waals surface area contributed by atoms with E-state index in [2.05, 4.69) is 53.6 Å². The van der Waals surface area contributed by atoms with Crippen LogP contribution >= 0.6 is 0 Å². The van der Waals surface area contributed by atoms with Crippen LogP contribution in [0, 0.1) is 0 Å². The van der Waals surface area contributed by atoms with Crippen LogP contribution < -0.4 is 11.3 Å². The highest BCUT2D eigenvalue weighted by molar-refractivity contribution is 5.21. The van der Waals surface area contributed by atoms with Crippen molar-refractivity contribution in [3.8, 4) is 0 Å². The van der Waals surface area contributed by atoms with Crippen molar-refractivity contribution in [3.63, 3.8) is 0 Å². The summed E-state index contributed by atoms with van der Waals surface area (Å²) in [5, 5.41) is 4.29. The Balaban J connectivity index is 2.16. The lowest BCUT2D eigenvalue weighted by molar-refractivity contribution is 0.409. The molecule has 5 heteroatoms. The van der Waals surface area contributed by atoms with Crippen molar-refractivity contribution in [2.24, 2.45) is 5.84 Å². The van der Waals surface area contributed by atoms with Crippen molar-refractivity contribution in [1.82, 2.24) is 20.2 Å². The molecule has 0 aliphatic carbocycles. The van der Waals surface area contributed by atoms with Gasteiger partial charge in [-0.15, -0.1) is 0 Å². The number of hydrogen-bond donors (Lipinski definition) is 2. The van der Waals surface area contributed by atoms with Gasteiger partial charge in [0.1, 0.15) is 12.2 Å². The molecule has 1 aromatic heterocycles. The number of rotatable bonds is 8. The van der Waals surface area contributed by atoms with Gasteiger partial charge in [-0.2, -0.15) is 5.10 Å². The Labute approximate surface area is 126 Å². The van der Waals surface area contributed by atoms with Gasteiger partial charge in [0.05, 0.1) is 0 Å². The maximum absolute atomic E-state index is 5.82. The number of nitrogens with one attached hydrogen (secondary N) is 1. The van der Waals surface area contributed by atoms with Gasteiger partial charge < -0.3 is 0 Å². The van der Waals surface area contributed by atoms with Crippen LogP contribution in [0.1, 0.15) is 44.0 Å². The van der Waals surface area contributed by atoms with Crippen molar-refractivity contribution in [2.45, 2.75) is 51.6 Å². The van der Waals surface area contributed by atoms with Crippen molar-refractivity contribution < 1.29 is 0 Å². The molecule has 0 saturated heterocycles. The average molecular weight is 287 g/mol. The lowest BCUT2D eigenvalue weighted by atomic mass is 9.87. The number of nitrogens with two attached hydrogens (primary N) is 1. The van der Waals surface area contributed by atoms with Gasteiger partial charge in [0.2, 0.25) is 0 Å². The van der Waals surface area contributed by atoms with Crippen molar-refractivity contribution >= 4 is 0 Å². The topological polar surface area (TPSA) is 68.8 Å². The number of hydrazine groups is 1. The normalized spacial score (nSPS) is 14.0. The van der Waals surface area contributed by atoms with E-state index in [0.29, 0.717) is 5.92 Å². The second-order valence-corrected chi connectivity index (χ2v) is 5.30. The number of aromatic nitrogens is 3. The van der Waals surface area contributed by atoms with Gasteiger partial charge in [-0.05, 0) is 18.4 Å². The Bertz CT molecular complexity index is 522. The van der Waals surface area contributed by atoms with Crippen LogP contribution in [-0.4, -0.2) is 20.8 Å². The summed E-state index contributed by atoms with van der Waals surface area (Å²) in [6.45, 7) is 5.23. The van der Waals surface area contributed by atoms with E-state index in [1.807, 2.05) is 10.7 Å². The highest BCUT2D eigenvalue weighted by Gasteiger charge is 2.22. The van der Waals surface area contributed by atoms with Crippen LogP contribution in [0.25, 0.3) is 0 Å². The lowest BCUT2D eigenvalue weighted by Gasteiger charge is -2.26. The Hall–Kier alpha value is -1.72. The van der Waals surface area contributed by atoms with E-state index in [9.17, 15) is 0 Å². The van der Waals surface area contributed by atoms with Gasteiger partial charge in [-0.1, -0.05) is 44.2 Å². The molecule has 2 unspecified atom stereocenters. The third kappa shape index (κ3) is 3.89. The highest BCUT2D eigenvalue weighted by Crippen LogP contribution is 2.24. The fourth-order valence-electron chi connectivity index (χ4n) is 2.81. The molecule has 0 fully saturated rings. The summed E-state index contributed by atoms with van der Waals surface area (Å²) in [6.07, 6.45) is 4.49. The first-order valence-electron chi connectivity index (χ1n) is 7.67. The second-order valence-electron chi connectivity index (χ2n) is 5.30. The maximum atomic E-state index is 5.82. The third-order valence-electron chi connectivity index (χ3n) is 3.90. The molecule has 1 aromatic carbocycles. The average Bonchev–Trinajstić information content (AvgIpc) is 2.95. The molecular weight excluding hydrogens is 262 g/mol. The first kappa shape index (κ1) is 15.7. The molecule has 0 amide bonds. The van der Waals surface area contributed by atoms with Crippen LogP contribution in [0.5, 0.6) is 0 Å². The largest absolute Gasteiger partial charge is 0.271 e. The molecule has 2 atom stereocenters. The van der Waals surface area contributed by atoms with E-state index < -0.39 is 0 Å². The molecular formula is C16H25N5. The standard InChI is InChI=1S/C16H25N5/c1-3-10-21-16(18-12-19-21)11-15(20-17)14(4-2)13-8-6-5-7-9-13/h5-9,12,14-15,20H,3-4,10-11,17H2,1-2H3. The SMILES string of the molecule is CCCn1ncnc1CC(NN)C(CC)c1ccccc1. The molecule has 0 aliphatic rings. The summed E-state index contributed by atoms with van der Waals surface area (Å²) in [6, 6.07) is 10.7. The minimum atomic E-state index is 0.150. The number of nitrogens with zero attached hydrogens (tertiary/aromatic N) is 3. The summed E-state index contributed by atoms with van der Waals surface area (Å²) in [7, 11) is 0. The molecule has 0 saturated carbocycles. The van der Waals surface area contributed by atoms with E-state index >= 15 is 0 Å². The van der Waals surface area contributed by atoms with Gasteiger partial charge >= 0.3 is 0 Å². The Morgan fingerprint density at radius 3 is 2.62 bits per heavy atom. The van der Waals surface area contributed by atoms with E-state index in [1.54, 1.807) is 6.33 Å². The van der Waals surface area contributed by atoms with Gasteiger partial charge in [0.15, 0.2) is 0 Å². The molecule has 2 aromatic rings. The fourth-order valence-corrected chi connectivity index (χ4v) is 2.81. The maximum Gasteiger partial charge on any atom is 0.138 e. The van der Waals surface area contributed by atoms with Crippen LogP contribution in [0.4, 0.5) is 0 Å². The van der Waals surface area contributed by atoms with E-state index in [0.717, 1.165) is 31.6 Å². The molecule has 3 N–H and O–H groups in total. The third-order valence-corrected chi connectivity index (χ3v) is 3.90. The van der Waals surface area contributed by atoms with Crippen LogP contribution in [0.3, 0.4) is 0 Å². The summed E-state index contributed by atoms with van der Waals surface area (Å²) in [5.74, 6) is 7.18. The van der Waals surface area contributed by atoms with Gasteiger partial charge in [0.25, 0.3) is 0 Å². The molecule has 21 heavy (non-hydrogen) atoms. The predicted molar refractivity (Wildman–Crippen MR) is 84.6 cm³/mol. The van der Waals surface area contributed by atoms with Gasteiger partial charge in [-0.3, -0.25) is 16.0 Å². The van der Waals surface area contributed by atoms with Crippen LogP contribution in [0.15, 0.2) is 36.7 Å². The van der Waals surface area contributed by atoms with E-state index in [4.69, 9.17) is 5.84 Å². The molecule has 2 rings (SSSR count). The fraction of sp³-hybridized carbons (Fsp3) is 0.500. The Kier molecular flexibility index (Phi) is 5.90. The number of hydrogen-bond acceptors (Lipinski definition) is 4. The Morgan fingerprint density at radius 2 is 2.00 bits per heavy atom.